The Morgan fingerprint density at radius 2 is 2.18 bits per heavy atom. The van der Waals surface area contributed by atoms with Gasteiger partial charge in [0, 0.05) is 10.1 Å². The van der Waals surface area contributed by atoms with Crippen molar-refractivity contribution < 1.29 is 14.6 Å². The van der Waals surface area contributed by atoms with Crippen LogP contribution in [-0.4, -0.2) is 17.2 Å². The number of aromatic carboxylic acids is 1. The zero-order valence-electron chi connectivity index (χ0n) is 9.36. The van der Waals surface area contributed by atoms with E-state index < -0.39 is 5.97 Å². The molecule has 2 rings (SSSR count). The smallest absolute Gasteiger partial charge is 0.347 e. The van der Waals surface area contributed by atoms with Gasteiger partial charge in [-0.2, -0.15) is 0 Å². The second kappa shape index (κ2) is 4.55. The van der Waals surface area contributed by atoms with Gasteiger partial charge in [0.1, 0.15) is 10.6 Å². The molecule has 0 aliphatic heterocycles. The van der Waals surface area contributed by atoms with Crippen molar-refractivity contribution in [2.24, 2.45) is 0 Å². The molecule has 0 fully saturated rings. The molecular formula is C12H11ClO3S. The molecule has 1 N–H and O–H groups in total. The molecule has 5 heteroatoms. The van der Waals surface area contributed by atoms with Crippen LogP contribution in [0.2, 0.25) is 5.02 Å². The van der Waals surface area contributed by atoms with E-state index in [1.54, 1.807) is 12.1 Å². The third-order valence-corrected chi connectivity index (χ3v) is 3.81. The first-order chi connectivity index (χ1) is 7.99. The summed E-state index contributed by atoms with van der Waals surface area (Å²) in [5.41, 5.74) is 0. The van der Waals surface area contributed by atoms with Crippen LogP contribution in [0.1, 0.15) is 23.5 Å². The Labute approximate surface area is 108 Å². The van der Waals surface area contributed by atoms with E-state index in [1.807, 2.05) is 19.9 Å². The first kappa shape index (κ1) is 12.2. The van der Waals surface area contributed by atoms with E-state index in [-0.39, 0.29) is 11.0 Å². The second-order valence-corrected chi connectivity index (χ2v) is 5.31. The Bertz CT molecular complexity index is 574. The van der Waals surface area contributed by atoms with Crippen molar-refractivity contribution in [2.45, 2.75) is 20.0 Å². The normalized spacial score (nSPS) is 11.1. The van der Waals surface area contributed by atoms with Crippen LogP contribution >= 0.6 is 22.9 Å². The Morgan fingerprint density at radius 3 is 2.76 bits per heavy atom. The summed E-state index contributed by atoms with van der Waals surface area (Å²) < 4.78 is 6.37. The molecule has 17 heavy (non-hydrogen) atoms. The molecule has 3 nitrogen and oxygen atoms in total. The average molecular weight is 271 g/mol. The SMILES string of the molecule is CC(C)Oc1ccc2c(Cl)c(C(=O)O)sc2c1. The molecule has 2 aromatic rings. The van der Waals surface area contributed by atoms with Gasteiger partial charge in [0.25, 0.3) is 0 Å². The van der Waals surface area contributed by atoms with E-state index in [0.717, 1.165) is 27.2 Å². The lowest BCUT2D eigenvalue weighted by atomic mass is 10.2. The Morgan fingerprint density at radius 1 is 1.47 bits per heavy atom. The molecular weight excluding hydrogens is 260 g/mol. The Balaban J connectivity index is 2.52. The van der Waals surface area contributed by atoms with Crippen LogP contribution in [0.5, 0.6) is 5.75 Å². The molecule has 0 saturated heterocycles. The van der Waals surface area contributed by atoms with Gasteiger partial charge in [0.05, 0.1) is 11.1 Å². The molecule has 0 unspecified atom stereocenters. The summed E-state index contributed by atoms with van der Waals surface area (Å²) in [4.78, 5) is 11.1. The molecule has 90 valence electrons. The number of halogens is 1. The number of rotatable bonds is 3. The fourth-order valence-corrected chi connectivity index (χ4v) is 2.91. The standard InChI is InChI=1S/C12H11ClO3S/c1-6(2)16-7-3-4-8-9(5-7)17-11(10(8)13)12(14)15/h3-6H,1-2H3,(H,14,15). The third-order valence-electron chi connectivity index (χ3n) is 2.17. The van der Waals surface area contributed by atoms with Crippen LogP contribution in [0.15, 0.2) is 18.2 Å². The predicted octanol–water partition coefficient (Wildman–Crippen LogP) is 4.04. The Kier molecular flexibility index (Phi) is 3.26. The fourth-order valence-electron chi connectivity index (χ4n) is 1.53. The number of carboxylic acid groups (broad SMARTS) is 1. The van der Waals surface area contributed by atoms with E-state index in [4.69, 9.17) is 21.4 Å². The van der Waals surface area contributed by atoms with Crippen molar-refractivity contribution >= 4 is 39.0 Å². The molecule has 0 saturated carbocycles. The number of benzene rings is 1. The lowest BCUT2D eigenvalue weighted by molar-refractivity contribution is 0.0702. The maximum absolute atomic E-state index is 10.9. The van der Waals surface area contributed by atoms with Crippen LogP contribution in [0, 0.1) is 0 Å². The minimum atomic E-state index is -0.998. The number of ether oxygens (including phenoxy) is 1. The Hall–Kier alpha value is -1.26. The molecule has 0 aliphatic carbocycles. The summed E-state index contributed by atoms with van der Waals surface area (Å²) in [7, 11) is 0. The summed E-state index contributed by atoms with van der Waals surface area (Å²) in [5.74, 6) is -0.273. The highest BCUT2D eigenvalue weighted by Gasteiger charge is 2.16. The number of carboxylic acids is 1. The van der Waals surface area contributed by atoms with Crippen molar-refractivity contribution in [1.29, 1.82) is 0 Å². The van der Waals surface area contributed by atoms with E-state index in [1.165, 1.54) is 0 Å². The quantitative estimate of drug-likeness (QED) is 0.915. The van der Waals surface area contributed by atoms with Crippen LogP contribution < -0.4 is 4.74 Å². The minimum Gasteiger partial charge on any atom is -0.491 e. The van der Waals surface area contributed by atoms with Gasteiger partial charge in [-0.1, -0.05) is 11.6 Å². The van der Waals surface area contributed by atoms with Gasteiger partial charge in [-0.3, -0.25) is 0 Å². The number of thiophene rings is 1. The van der Waals surface area contributed by atoms with Crippen LogP contribution in [0.25, 0.3) is 10.1 Å². The van der Waals surface area contributed by atoms with Gasteiger partial charge in [0.15, 0.2) is 0 Å². The number of fused-ring (bicyclic) bond motifs is 1. The second-order valence-electron chi connectivity index (χ2n) is 3.87. The molecule has 0 amide bonds. The molecule has 0 atom stereocenters. The summed E-state index contributed by atoms with van der Waals surface area (Å²) >= 11 is 7.16. The van der Waals surface area contributed by atoms with E-state index in [2.05, 4.69) is 0 Å². The van der Waals surface area contributed by atoms with Gasteiger partial charge >= 0.3 is 5.97 Å². The largest absolute Gasteiger partial charge is 0.491 e. The molecule has 1 heterocycles. The van der Waals surface area contributed by atoms with Crippen molar-refractivity contribution in [3.05, 3.63) is 28.1 Å². The molecule has 1 aromatic carbocycles. The fraction of sp³-hybridized carbons (Fsp3) is 0.250. The number of carbonyl (C=O) groups is 1. The molecule has 1 aromatic heterocycles. The maximum Gasteiger partial charge on any atom is 0.347 e. The maximum atomic E-state index is 10.9. The van der Waals surface area contributed by atoms with E-state index >= 15 is 0 Å². The van der Waals surface area contributed by atoms with Crippen molar-refractivity contribution in [1.82, 2.24) is 0 Å². The lowest BCUT2D eigenvalue weighted by Gasteiger charge is -2.08. The number of hydrogen-bond acceptors (Lipinski definition) is 3. The monoisotopic (exact) mass is 270 g/mol. The van der Waals surface area contributed by atoms with Crippen molar-refractivity contribution in [3.8, 4) is 5.75 Å². The predicted molar refractivity (Wildman–Crippen MR) is 69.6 cm³/mol. The molecule has 0 aliphatic rings. The summed E-state index contributed by atoms with van der Waals surface area (Å²) in [6, 6.07) is 5.41. The van der Waals surface area contributed by atoms with Gasteiger partial charge in [-0.05, 0) is 32.0 Å². The van der Waals surface area contributed by atoms with Gasteiger partial charge < -0.3 is 9.84 Å². The minimum absolute atomic E-state index is 0.0850. The van der Waals surface area contributed by atoms with E-state index in [9.17, 15) is 4.79 Å². The van der Waals surface area contributed by atoms with Crippen LogP contribution in [0.4, 0.5) is 0 Å². The van der Waals surface area contributed by atoms with Gasteiger partial charge in [-0.15, -0.1) is 11.3 Å². The highest BCUT2D eigenvalue weighted by Crippen LogP contribution is 2.37. The van der Waals surface area contributed by atoms with E-state index in [0.29, 0.717) is 5.02 Å². The van der Waals surface area contributed by atoms with Crippen LogP contribution in [0.3, 0.4) is 0 Å². The first-order valence-corrected chi connectivity index (χ1v) is 6.30. The third kappa shape index (κ3) is 2.37. The molecule has 0 spiro atoms. The zero-order valence-corrected chi connectivity index (χ0v) is 10.9. The summed E-state index contributed by atoms with van der Waals surface area (Å²) in [6.45, 7) is 3.88. The molecule has 0 radical (unpaired) electrons. The topological polar surface area (TPSA) is 46.5 Å². The highest BCUT2D eigenvalue weighted by molar-refractivity contribution is 7.21. The number of hydrogen-bond donors (Lipinski definition) is 1. The van der Waals surface area contributed by atoms with Gasteiger partial charge in [0.2, 0.25) is 0 Å². The summed E-state index contributed by atoms with van der Waals surface area (Å²) in [5, 5.41) is 10.0. The first-order valence-electron chi connectivity index (χ1n) is 5.11. The molecule has 0 bridgehead atoms. The van der Waals surface area contributed by atoms with Crippen molar-refractivity contribution in [3.63, 3.8) is 0 Å². The summed E-state index contributed by atoms with van der Waals surface area (Å²) in [6.07, 6.45) is 0.0850. The zero-order chi connectivity index (χ0) is 12.6. The van der Waals surface area contributed by atoms with Crippen molar-refractivity contribution in [2.75, 3.05) is 0 Å². The van der Waals surface area contributed by atoms with Gasteiger partial charge in [-0.25, -0.2) is 4.79 Å². The average Bonchev–Trinajstić information content (AvgIpc) is 2.55. The van der Waals surface area contributed by atoms with Crippen LogP contribution in [-0.2, 0) is 0 Å². The highest BCUT2D eigenvalue weighted by atomic mass is 35.5. The lowest BCUT2D eigenvalue weighted by Crippen LogP contribution is -2.04.